The molecule has 0 N–H and O–H groups in total. The van der Waals surface area contributed by atoms with Gasteiger partial charge in [-0.05, 0) is 51.0 Å². The fourth-order valence-corrected chi connectivity index (χ4v) is 5.04. The maximum Gasteiger partial charge on any atom is 0.346 e. The molecule has 186 valence electrons. The van der Waals surface area contributed by atoms with Gasteiger partial charge in [-0.3, -0.25) is 4.79 Å². The Balaban J connectivity index is 1.70. The number of ether oxygens (including phenoxy) is 2. The van der Waals surface area contributed by atoms with Gasteiger partial charge in [0.25, 0.3) is 0 Å². The van der Waals surface area contributed by atoms with Gasteiger partial charge in [0.05, 0.1) is 7.11 Å². The van der Waals surface area contributed by atoms with Crippen molar-refractivity contribution in [1.29, 1.82) is 0 Å². The van der Waals surface area contributed by atoms with Crippen molar-refractivity contribution < 1.29 is 19.1 Å². The van der Waals surface area contributed by atoms with E-state index >= 15 is 0 Å². The van der Waals surface area contributed by atoms with Gasteiger partial charge in [-0.25, -0.2) is 4.79 Å². The molecular formula is C29H46O4. The van der Waals surface area contributed by atoms with Gasteiger partial charge in [0, 0.05) is 0 Å². The summed E-state index contributed by atoms with van der Waals surface area (Å²) >= 11 is 0. The summed E-state index contributed by atoms with van der Waals surface area (Å²) in [5.74, 6) is -0.370. The number of Topliss-reactive ketones (excluding diaryl/α,β-unsaturated/α-hetero) is 1. The number of ketones is 1. The van der Waals surface area contributed by atoms with Gasteiger partial charge in [-0.15, -0.1) is 0 Å². The van der Waals surface area contributed by atoms with Crippen molar-refractivity contribution in [2.75, 3.05) is 7.11 Å². The molecule has 0 atom stereocenters. The van der Waals surface area contributed by atoms with Crippen molar-refractivity contribution in [2.45, 2.75) is 129 Å². The number of carbonyl (C=O) groups excluding carboxylic acids is 2. The second-order valence-corrected chi connectivity index (χ2v) is 9.78. The maximum absolute atomic E-state index is 13.0. The van der Waals surface area contributed by atoms with E-state index in [1.807, 2.05) is 6.08 Å². The molecule has 2 aliphatic rings. The highest BCUT2D eigenvalue weighted by Gasteiger charge is 2.51. The molecule has 0 saturated heterocycles. The van der Waals surface area contributed by atoms with Crippen LogP contribution in [0.5, 0.6) is 0 Å². The van der Waals surface area contributed by atoms with E-state index in [4.69, 9.17) is 9.47 Å². The lowest BCUT2D eigenvalue weighted by molar-refractivity contribution is -0.151. The average molecular weight is 459 g/mol. The van der Waals surface area contributed by atoms with Crippen LogP contribution in [0.3, 0.4) is 0 Å². The lowest BCUT2D eigenvalue weighted by Crippen LogP contribution is -2.35. The molecule has 4 heteroatoms. The molecule has 1 fully saturated rings. The highest BCUT2D eigenvalue weighted by molar-refractivity contribution is 6.25. The fourth-order valence-electron chi connectivity index (χ4n) is 5.04. The average Bonchev–Trinajstić information content (AvgIpc) is 3.08. The van der Waals surface area contributed by atoms with Crippen molar-refractivity contribution in [2.24, 2.45) is 0 Å². The van der Waals surface area contributed by atoms with Gasteiger partial charge in [-0.1, -0.05) is 95.8 Å². The van der Waals surface area contributed by atoms with Crippen LogP contribution >= 0.6 is 0 Å². The normalized spacial score (nSPS) is 18.4. The molecule has 1 heterocycles. The molecule has 0 aromatic carbocycles. The SMILES string of the molecule is CCCCCCCCCCCCC/C=C/C=C(\C)C(=O)C1=C(OC)C2(CCCCC2)OC1=O. The van der Waals surface area contributed by atoms with Crippen LogP contribution in [0, 0.1) is 0 Å². The summed E-state index contributed by atoms with van der Waals surface area (Å²) in [7, 11) is 1.54. The summed E-state index contributed by atoms with van der Waals surface area (Å²) in [5.41, 5.74) is -0.0910. The third-order valence-corrected chi connectivity index (χ3v) is 7.04. The standard InChI is InChI=1S/C29H46O4/c1-4-5-6-7-8-9-10-11-12-13-14-15-16-18-21-24(2)26(30)25-27(32-3)29(33-28(25)31)22-19-17-20-23-29/h16,18,21H,4-15,17,19-20,22-23H2,1-3H3/b18-16+,24-21+. The summed E-state index contributed by atoms with van der Waals surface area (Å²) in [6.07, 6.45) is 26.2. The van der Waals surface area contributed by atoms with Gasteiger partial charge in [0.15, 0.2) is 17.1 Å². The third kappa shape index (κ3) is 8.46. The van der Waals surface area contributed by atoms with E-state index in [1.165, 1.54) is 77.7 Å². The van der Waals surface area contributed by atoms with Crippen LogP contribution in [-0.4, -0.2) is 24.5 Å². The summed E-state index contributed by atoms with van der Waals surface area (Å²) in [5, 5.41) is 0. The molecule has 0 aromatic heterocycles. The van der Waals surface area contributed by atoms with Gasteiger partial charge >= 0.3 is 5.97 Å². The van der Waals surface area contributed by atoms with E-state index in [0.717, 1.165) is 38.5 Å². The zero-order chi connectivity index (χ0) is 23.9. The highest BCUT2D eigenvalue weighted by Crippen LogP contribution is 2.44. The summed E-state index contributed by atoms with van der Waals surface area (Å²) in [6, 6.07) is 0. The minimum atomic E-state index is -0.722. The minimum Gasteiger partial charge on any atom is -0.496 e. The van der Waals surface area contributed by atoms with Gasteiger partial charge < -0.3 is 9.47 Å². The largest absolute Gasteiger partial charge is 0.496 e. The Bertz CT molecular complexity index is 707. The van der Waals surface area contributed by atoms with Crippen molar-refractivity contribution in [3.8, 4) is 0 Å². The lowest BCUT2D eigenvalue weighted by Gasteiger charge is -2.33. The summed E-state index contributed by atoms with van der Waals surface area (Å²) in [6.45, 7) is 4.02. The molecular weight excluding hydrogens is 412 g/mol. The Morgan fingerprint density at radius 3 is 2.09 bits per heavy atom. The van der Waals surface area contributed by atoms with Gasteiger partial charge in [0.1, 0.15) is 5.57 Å². The molecule has 4 nitrogen and oxygen atoms in total. The molecule has 1 aliphatic heterocycles. The summed E-state index contributed by atoms with van der Waals surface area (Å²) in [4.78, 5) is 25.5. The van der Waals surface area contributed by atoms with Crippen molar-refractivity contribution >= 4 is 11.8 Å². The monoisotopic (exact) mass is 458 g/mol. The van der Waals surface area contributed by atoms with E-state index in [2.05, 4.69) is 13.0 Å². The number of hydrogen-bond acceptors (Lipinski definition) is 4. The minimum absolute atomic E-state index is 0.0897. The quantitative estimate of drug-likeness (QED) is 0.0775. The van der Waals surface area contributed by atoms with Crippen LogP contribution in [0.4, 0.5) is 0 Å². The third-order valence-electron chi connectivity index (χ3n) is 7.04. The Morgan fingerprint density at radius 1 is 0.939 bits per heavy atom. The number of carbonyl (C=O) groups is 2. The zero-order valence-electron chi connectivity index (χ0n) is 21.4. The zero-order valence-corrected chi connectivity index (χ0v) is 21.4. The van der Waals surface area contributed by atoms with E-state index < -0.39 is 11.6 Å². The molecule has 0 aromatic rings. The number of unbranched alkanes of at least 4 members (excludes halogenated alkanes) is 11. The highest BCUT2D eigenvalue weighted by atomic mass is 16.6. The van der Waals surface area contributed by atoms with E-state index in [9.17, 15) is 9.59 Å². The van der Waals surface area contributed by atoms with Crippen molar-refractivity contribution in [1.82, 2.24) is 0 Å². The Kier molecular flexibility index (Phi) is 12.6. The molecule has 0 bridgehead atoms. The molecule has 1 spiro atoms. The molecule has 0 unspecified atom stereocenters. The predicted octanol–water partition coefficient (Wildman–Crippen LogP) is 7.92. The van der Waals surface area contributed by atoms with Gasteiger partial charge in [-0.2, -0.15) is 0 Å². The molecule has 0 amide bonds. The molecule has 0 radical (unpaired) electrons. The maximum atomic E-state index is 13.0. The molecule has 2 rings (SSSR count). The smallest absolute Gasteiger partial charge is 0.346 e. The topological polar surface area (TPSA) is 52.6 Å². The first-order chi connectivity index (χ1) is 16.1. The van der Waals surface area contributed by atoms with Gasteiger partial charge in [0.2, 0.25) is 0 Å². The van der Waals surface area contributed by atoms with Crippen LogP contribution < -0.4 is 0 Å². The lowest BCUT2D eigenvalue weighted by atomic mass is 9.82. The van der Waals surface area contributed by atoms with Crippen LogP contribution in [0.15, 0.2) is 35.1 Å². The summed E-state index contributed by atoms with van der Waals surface area (Å²) < 4.78 is 11.3. The first-order valence-electron chi connectivity index (χ1n) is 13.5. The Labute approximate surface area is 201 Å². The van der Waals surface area contributed by atoms with Crippen molar-refractivity contribution in [3.05, 3.63) is 35.1 Å². The number of allylic oxidation sites excluding steroid dienone is 4. The molecule has 1 aliphatic carbocycles. The number of hydrogen-bond donors (Lipinski definition) is 0. The van der Waals surface area contributed by atoms with Crippen LogP contribution in [0.25, 0.3) is 0 Å². The number of rotatable bonds is 16. The van der Waals surface area contributed by atoms with Crippen molar-refractivity contribution in [3.63, 3.8) is 0 Å². The predicted molar refractivity (Wildman–Crippen MR) is 135 cm³/mol. The van der Waals surface area contributed by atoms with Crippen LogP contribution in [0.2, 0.25) is 0 Å². The second kappa shape index (κ2) is 15.1. The van der Waals surface area contributed by atoms with Crippen LogP contribution in [0.1, 0.15) is 123 Å². The number of esters is 1. The second-order valence-electron chi connectivity index (χ2n) is 9.78. The first kappa shape index (κ1) is 27.4. The number of methoxy groups -OCH3 is 1. The van der Waals surface area contributed by atoms with E-state index in [-0.39, 0.29) is 11.4 Å². The molecule has 1 saturated carbocycles. The van der Waals surface area contributed by atoms with Crippen LogP contribution in [-0.2, 0) is 19.1 Å². The Hall–Kier alpha value is -1.84. The Morgan fingerprint density at radius 2 is 1.52 bits per heavy atom. The first-order valence-corrected chi connectivity index (χ1v) is 13.5. The fraction of sp³-hybridized carbons (Fsp3) is 0.724. The molecule has 33 heavy (non-hydrogen) atoms. The van der Waals surface area contributed by atoms with E-state index in [0.29, 0.717) is 11.3 Å². The van der Waals surface area contributed by atoms with E-state index in [1.54, 1.807) is 13.0 Å².